The van der Waals surface area contributed by atoms with Crippen LogP contribution in [0.2, 0.25) is 0 Å². The average molecular weight is 365 g/mol. The first-order chi connectivity index (χ1) is 13.3. The van der Waals surface area contributed by atoms with E-state index in [4.69, 9.17) is 9.47 Å². The second-order valence-electron chi connectivity index (χ2n) is 6.15. The number of aromatic nitrogens is 4. The van der Waals surface area contributed by atoms with Crippen molar-refractivity contribution in [1.82, 2.24) is 25.5 Å². The largest absolute Gasteiger partial charge is 0.484 e. The van der Waals surface area contributed by atoms with Crippen LogP contribution in [0.25, 0.3) is 5.69 Å². The van der Waals surface area contributed by atoms with Crippen LogP contribution in [-0.2, 0) is 16.0 Å². The summed E-state index contributed by atoms with van der Waals surface area (Å²) in [6, 6.07) is 15.3. The van der Waals surface area contributed by atoms with Crippen molar-refractivity contribution in [1.29, 1.82) is 0 Å². The van der Waals surface area contributed by atoms with Crippen LogP contribution in [-0.4, -0.2) is 45.9 Å². The molecule has 1 atom stereocenters. The van der Waals surface area contributed by atoms with Crippen molar-refractivity contribution in [2.24, 2.45) is 0 Å². The maximum Gasteiger partial charge on any atom is 0.258 e. The molecule has 0 spiro atoms. The Morgan fingerprint density at radius 2 is 2.07 bits per heavy atom. The molecule has 138 valence electrons. The minimum atomic E-state index is -0.189. The highest BCUT2D eigenvalue weighted by atomic mass is 16.5. The summed E-state index contributed by atoms with van der Waals surface area (Å²) in [6.45, 7) is 1.04. The van der Waals surface area contributed by atoms with Crippen LogP contribution in [0.1, 0.15) is 17.2 Å². The number of carbonyl (C=O) groups excluding carboxylic acids is 1. The van der Waals surface area contributed by atoms with Crippen LogP contribution in [0.4, 0.5) is 0 Å². The van der Waals surface area contributed by atoms with Crippen molar-refractivity contribution in [2.45, 2.75) is 12.5 Å². The molecule has 2 heterocycles. The van der Waals surface area contributed by atoms with E-state index in [1.54, 1.807) is 16.8 Å². The summed E-state index contributed by atoms with van der Waals surface area (Å²) in [7, 11) is 0. The summed E-state index contributed by atoms with van der Waals surface area (Å²) in [4.78, 5) is 12.1. The first kappa shape index (κ1) is 17.2. The summed E-state index contributed by atoms with van der Waals surface area (Å²) in [5.41, 5.74) is 3.23. The van der Waals surface area contributed by atoms with E-state index in [1.807, 2.05) is 30.3 Å². The third-order valence-corrected chi connectivity index (χ3v) is 4.40. The molecule has 0 radical (unpaired) electrons. The highest BCUT2D eigenvalue weighted by Crippen LogP contribution is 2.26. The quantitative estimate of drug-likeness (QED) is 0.711. The van der Waals surface area contributed by atoms with Gasteiger partial charge < -0.3 is 14.8 Å². The summed E-state index contributed by atoms with van der Waals surface area (Å²) >= 11 is 0. The number of carbonyl (C=O) groups is 1. The molecule has 0 saturated carbocycles. The van der Waals surface area contributed by atoms with Gasteiger partial charge in [0.25, 0.3) is 5.91 Å². The molecule has 0 bridgehead atoms. The molecule has 1 aromatic heterocycles. The van der Waals surface area contributed by atoms with Crippen molar-refractivity contribution in [3.05, 3.63) is 66.0 Å². The highest BCUT2D eigenvalue weighted by molar-refractivity contribution is 5.77. The summed E-state index contributed by atoms with van der Waals surface area (Å²) < 4.78 is 12.9. The summed E-state index contributed by atoms with van der Waals surface area (Å²) in [6.07, 6.45) is 2.30. The second kappa shape index (κ2) is 7.96. The third-order valence-electron chi connectivity index (χ3n) is 4.40. The van der Waals surface area contributed by atoms with Crippen LogP contribution in [0.15, 0.2) is 54.9 Å². The molecule has 1 aliphatic heterocycles. The van der Waals surface area contributed by atoms with Gasteiger partial charge in [-0.05, 0) is 52.2 Å². The number of tetrazole rings is 1. The Bertz CT molecular complexity index is 896. The van der Waals surface area contributed by atoms with Crippen molar-refractivity contribution < 1.29 is 14.3 Å². The Kier molecular flexibility index (Phi) is 5.06. The predicted octanol–water partition coefficient (Wildman–Crippen LogP) is 1.47. The summed E-state index contributed by atoms with van der Waals surface area (Å²) in [5.74, 6) is 0.410. The molecule has 1 aliphatic rings. The average Bonchev–Trinajstić information content (AvgIpc) is 3.26. The van der Waals surface area contributed by atoms with Crippen molar-refractivity contribution in [3.63, 3.8) is 0 Å². The monoisotopic (exact) mass is 365 g/mol. The lowest BCUT2D eigenvalue weighted by Crippen LogP contribution is -2.34. The maximum atomic E-state index is 12.1. The van der Waals surface area contributed by atoms with Gasteiger partial charge in [0.1, 0.15) is 18.2 Å². The zero-order chi connectivity index (χ0) is 18.5. The lowest BCUT2D eigenvalue weighted by atomic mass is 9.97. The fraction of sp³-hybridized carbons (Fsp3) is 0.263. The van der Waals surface area contributed by atoms with Gasteiger partial charge in [0.2, 0.25) is 0 Å². The first-order valence-electron chi connectivity index (χ1n) is 8.72. The standard InChI is InChI=1S/C19H19N5O3/c25-19(20-11-18-17-4-2-1-3-14(17)9-10-26-18)12-27-16-7-5-15(6-8-16)24-13-21-22-23-24/h1-8,13,18H,9-12H2,(H,20,25)/t18-/m0/s1. The molecule has 0 fully saturated rings. The molecule has 1 N–H and O–H groups in total. The molecule has 27 heavy (non-hydrogen) atoms. The fourth-order valence-electron chi connectivity index (χ4n) is 3.03. The molecule has 0 aliphatic carbocycles. The molecule has 1 amide bonds. The number of nitrogens with zero attached hydrogens (tertiary/aromatic N) is 4. The molecule has 4 rings (SSSR count). The number of ether oxygens (including phenoxy) is 2. The van der Waals surface area contributed by atoms with Gasteiger partial charge in [-0.15, -0.1) is 5.10 Å². The number of hydrogen-bond donors (Lipinski definition) is 1. The van der Waals surface area contributed by atoms with Crippen LogP contribution in [0.5, 0.6) is 5.75 Å². The van der Waals surface area contributed by atoms with Gasteiger partial charge in [-0.3, -0.25) is 4.79 Å². The predicted molar refractivity (Wildman–Crippen MR) is 96.5 cm³/mol. The van der Waals surface area contributed by atoms with E-state index < -0.39 is 0 Å². The van der Waals surface area contributed by atoms with Gasteiger partial charge in [0.15, 0.2) is 6.61 Å². The van der Waals surface area contributed by atoms with E-state index in [1.165, 1.54) is 11.9 Å². The Labute approximate surface area is 156 Å². The number of nitrogens with one attached hydrogen (secondary N) is 1. The maximum absolute atomic E-state index is 12.1. The van der Waals surface area contributed by atoms with Gasteiger partial charge >= 0.3 is 0 Å². The molecule has 8 nitrogen and oxygen atoms in total. The summed E-state index contributed by atoms with van der Waals surface area (Å²) in [5, 5.41) is 13.9. The van der Waals surface area contributed by atoms with E-state index >= 15 is 0 Å². The van der Waals surface area contributed by atoms with Crippen molar-refractivity contribution in [3.8, 4) is 11.4 Å². The van der Waals surface area contributed by atoms with Crippen LogP contribution >= 0.6 is 0 Å². The highest BCUT2D eigenvalue weighted by Gasteiger charge is 2.20. The van der Waals surface area contributed by atoms with Crippen molar-refractivity contribution in [2.75, 3.05) is 19.8 Å². The van der Waals surface area contributed by atoms with Crippen LogP contribution < -0.4 is 10.1 Å². The molecular formula is C19H19N5O3. The first-order valence-corrected chi connectivity index (χ1v) is 8.72. The zero-order valence-electron chi connectivity index (χ0n) is 14.6. The SMILES string of the molecule is O=C(COc1ccc(-n2cnnn2)cc1)NC[C@@H]1OCCc2ccccc21. The zero-order valence-corrected chi connectivity index (χ0v) is 14.6. The smallest absolute Gasteiger partial charge is 0.258 e. The number of rotatable bonds is 6. The van der Waals surface area contributed by atoms with E-state index in [-0.39, 0.29) is 18.6 Å². The third kappa shape index (κ3) is 4.12. The Hall–Kier alpha value is -3.26. The topological polar surface area (TPSA) is 91.2 Å². The normalized spacial score (nSPS) is 15.8. The molecule has 0 unspecified atom stereocenters. The van der Waals surface area contributed by atoms with E-state index in [0.29, 0.717) is 18.9 Å². The van der Waals surface area contributed by atoms with Crippen molar-refractivity contribution >= 4 is 5.91 Å². The second-order valence-corrected chi connectivity index (χ2v) is 6.15. The number of hydrogen-bond acceptors (Lipinski definition) is 6. The Morgan fingerprint density at radius 1 is 1.22 bits per heavy atom. The number of amides is 1. The number of benzene rings is 2. The molecular weight excluding hydrogens is 346 g/mol. The lowest BCUT2D eigenvalue weighted by molar-refractivity contribution is -0.123. The fourth-order valence-corrected chi connectivity index (χ4v) is 3.03. The Morgan fingerprint density at radius 3 is 2.89 bits per heavy atom. The van der Waals surface area contributed by atoms with Gasteiger partial charge in [-0.2, -0.15) is 0 Å². The van der Waals surface area contributed by atoms with Crippen LogP contribution in [0.3, 0.4) is 0 Å². The van der Waals surface area contributed by atoms with Gasteiger partial charge in [-0.1, -0.05) is 24.3 Å². The molecule has 3 aromatic rings. The van der Waals surface area contributed by atoms with E-state index in [2.05, 4.69) is 26.9 Å². The van der Waals surface area contributed by atoms with Gasteiger partial charge in [0.05, 0.1) is 12.3 Å². The molecule has 8 heteroatoms. The molecule has 2 aromatic carbocycles. The minimum absolute atomic E-state index is 0.0569. The molecule has 0 saturated heterocycles. The lowest BCUT2D eigenvalue weighted by Gasteiger charge is -2.26. The van der Waals surface area contributed by atoms with Gasteiger partial charge in [0, 0.05) is 6.54 Å². The van der Waals surface area contributed by atoms with E-state index in [0.717, 1.165) is 17.7 Å². The van der Waals surface area contributed by atoms with E-state index in [9.17, 15) is 4.79 Å². The Balaban J connectivity index is 1.27. The number of fused-ring (bicyclic) bond motifs is 1. The van der Waals surface area contributed by atoms with Crippen LogP contribution in [0, 0.1) is 0 Å². The minimum Gasteiger partial charge on any atom is -0.484 e. The van der Waals surface area contributed by atoms with Gasteiger partial charge in [-0.25, -0.2) is 4.68 Å².